The van der Waals surface area contributed by atoms with Gasteiger partial charge in [0.05, 0.1) is 19.0 Å². The van der Waals surface area contributed by atoms with Crippen LogP contribution in [0.5, 0.6) is 0 Å². The van der Waals surface area contributed by atoms with Crippen LogP contribution in [0.25, 0.3) is 0 Å². The number of hydrogen-bond acceptors (Lipinski definition) is 4. The summed E-state index contributed by atoms with van der Waals surface area (Å²) in [6, 6.07) is 8.39. The van der Waals surface area contributed by atoms with Crippen LogP contribution in [0, 0.1) is 5.92 Å². The van der Waals surface area contributed by atoms with Gasteiger partial charge in [-0.05, 0) is 50.3 Å². The molecule has 0 saturated carbocycles. The largest absolute Gasteiger partial charge is 0.369 e. The minimum Gasteiger partial charge on any atom is -0.369 e. The molecule has 2 aliphatic rings. The molecule has 0 aromatic heterocycles. The average Bonchev–Trinajstić information content (AvgIpc) is 3.31. The van der Waals surface area contributed by atoms with E-state index in [1.807, 2.05) is 17.9 Å². The number of amides is 2. The summed E-state index contributed by atoms with van der Waals surface area (Å²) in [5.74, 6) is 0.541. The Hall–Kier alpha value is -1.88. The van der Waals surface area contributed by atoms with Gasteiger partial charge in [0.15, 0.2) is 5.96 Å². The minimum atomic E-state index is -0.195. The first-order valence-corrected chi connectivity index (χ1v) is 11.4. The first-order valence-electron chi connectivity index (χ1n) is 11.4. The fraction of sp³-hybridized carbons (Fsp3) is 0.609. The maximum absolute atomic E-state index is 12.3. The van der Waals surface area contributed by atoms with Crippen LogP contribution in [0.1, 0.15) is 43.7 Å². The maximum atomic E-state index is 12.3. The highest BCUT2D eigenvalue weighted by Crippen LogP contribution is 2.19. The smallest absolute Gasteiger partial charge is 0.241 e. The monoisotopic (exact) mass is 556 g/mol. The molecule has 0 radical (unpaired) electrons. The molecule has 1 atom stereocenters. The zero-order chi connectivity index (χ0) is 22.1. The normalized spacial score (nSPS) is 19.3. The molecule has 178 valence electrons. The maximum Gasteiger partial charge on any atom is 0.241 e. The third-order valence-electron chi connectivity index (χ3n) is 5.94. The molecule has 1 unspecified atom stereocenters. The molecular formula is C23H37IN6O2. The van der Waals surface area contributed by atoms with E-state index in [4.69, 9.17) is 5.73 Å². The molecule has 2 fully saturated rings. The van der Waals surface area contributed by atoms with Gasteiger partial charge >= 0.3 is 0 Å². The fourth-order valence-electron chi connectivity index (χ4n) is 4.27. The van der Waals surface area contributed by atoms with E-state index in [1.54, 1.807) is 0 Å². The Labute approximate surface area is 208 Å². The molecule has 2 amide bonds. The number of primary amides is 1. The number of rotatable bonds is 8. The zero-order valence-corrected chi connectivity index (χ0v) is 21.3. The summed E-state index contributed by atoms with van der Waals surface area (Å²) in [7, 11) is 0. The third kappa shape index (κ3) is 8.23. The van der Waals surface area contributed by atoms with E-state index < -0.39 is 0 Å². The van der Waals surface area contributed by atoms with Crippen LogP contribution in [-0.4, -0.2) is 66.8 Å². The number of halogens is 1. The summed E-state index contributed by atoms with van der Waals surface area (Å²) in [6.07, 6.45) is 4.08. The minimum absolute atomic E-state index is 0. The average molecular weight is 556 g/mol. The highest BCUT2D eigenvalue weighted by atomic mass is 127. The number of carbonyl (C=O) groups is 2. The molecule has 0 spiro atoms. The Morgan fingerprint density at radius 3 is 2.59 bits per heavy atom. The predicted octanol–water partition coefficient (Wildman–Crippen LogP) is 1.68. The van der Waals surface area contributed by atoms with Gasteiger partial charge in [0.25, 0.3) is 0 Å². The number of guanidine groups is 1. The van der Waals surface area contributed by atoms with E-state index in [0.717, 1.165) is 70.5 Å². The molecule has 2 aliphatic heterocycles. The number of benzene rings is 1. The topological polar surface area (TPSA) is 103 Å². The number of hydrogen-bond donors (Lipinski definition) is 3. The summed E-state index contributed by atoms with van der Waals surface area (Å²) in [5, 5.41) is 6.37. The predicted molar refractivity (Wildman–Crippen MR) is 138 cm³/mol. The second-order valence-electron chi connectivity index (χ2n) is 8.43. The Morgan fingerprint density at radius 1 is 1.12 bits per heavy atom. The lowest BCUT2D eigenvalue weighted by atomic mass is 9.97. The van der Waals surface area contributed by atoms with Gasteiger partial charge in [-0.3, -0.25) is 14.5 Å². The molecule has 32 heavy (non-hydrogen) atoms. The molecule has 1 aromatic rings. The van der Waals surface area contributed by atoms with Crippen molar-refractivity contribution in [2.75, 3.05) is 39.3 Å². The van der Waals surface area contributed by atoms with Crippen molar-refractivity contribution in [2.24, 2.45) is 16.6 Å². The quantitative estimate of drug-likeness (QED) is 0.257. The van der Waals surface area contributed by atoms with Gasteiger partial charge in [0.2, 0.25) is 11.8 Å². The van der Waals surface area contributed by atoms with Crippen molar-refractivity contribution in [2.45, 2.75) is 45.7 Å². The molecular weight excluding hydrogens is 519 g/mol. The van der Waals surface area contributed by atoms with E-state index in [2.05, 4.69) is 38.7 Å². The Kier molecular flexibility index (Phi) is 11.2. The van der Waals surface area contributed by atoms with Gasteiger partial charge < -0.3 is 21.3 Å². The summed E-state index contributed by atoms with van der Waals surface area (Å²) >= 11 is 0. The van der Waals surface area contributed by atoms with Gasteiger partial charge in [0.1, 0.15) is 0 Å². The molecule has 2 saturated heterocycles. The summed E-state index contributed by atoms with van der Waals surface area (Å²) in [4.78, 5) is 32.7. The van der Waals surface area contributed by atoms with Crippen molar-refractivity contribution >= 4 is 41.8 Å². The number of likely N-dealkylation sites (tertiary alicyclic amines) is 2. The first kappa shape index (κ1) is 26.4. The molecule has 0 bridgehead atoms. The highest BCUT2D eigenvalue weighted by molar-refractivity contribution is 14.0. The van der Waals surface area contributed by atoms with E-state index in [-0.39, 0.29) is 48.3 Å². The van der Waals surface area contributed by atoms with E-state index in [1.165, 1.54) is 5.56 Å². The lowest BCUT2D eigenvalue weighted by Gasteiger charge is -2.31. The van der Waals surface area contributed by atoms with E-state index >= 15 is 0 Å². The number of carbonyl (C=O) groups excluding carboxylic acids is 2. The van der Waals surface area contributed by atoms with Crippen molar-refractivity contribution in [1.29, 1.82) is 0 Å². The summed E-state index contributed by atoms with van der Waals surface area (Å²) in [5.41, 5.74) is 7.83. The zero-order valence-electron chi connectivity index (χ0n) is 19.0. The second kappa shape index (κ2) is 13.6. The van der Waals surface area contributed by atoms with Crippen LogP contribution < -0.4 is 16.4 Å². The van der Waals surface area contributed by atoms with Gasteiger partial charge in [0, 0.05) is 32.7 Å². The lowest BCUT2D eigenvalue weighted by molar-refractivity contribution is -0.129. The number of piperidine rings is 1. The molecule has 9 heteroatoms. The molecule has 2 heterocycles. The second-order valence-corrected chi connectivity index (χ2v) is 8.43. The van der Waals surface area contributed by atoms with Crippen molar-refractivity contribution in [3.05, 3.63) is 35.4 Å². The highest BCUT2D eigenvalue weighted by Gasteiger charge is 2.23. The molecule has 3 rings (SSSR count). The SMILES string of the molecule is CCNC(=NCc1cccc(CN2CCCC(C(N)=O)C2)c1)NCC(=O)N1CCCC1.I. The number of nitrogens with one attached hydrogen (secondary N) is 2. The Morgan fingerprint density at radius 2 is 1.88 bits per heavy atom. The fourth-order valence-corrected chi connectivity index (χ4v) is 4.27. The van der Waals surface area contributed by atoms with Crippen LogP contribution in [0.2, 0.25) is 0 Å². The Bertz CT molecular complexity index is 782. The van der Waals surface area contributed by atoms with Crippen LogP contribution in [0.3, 0.4) is 0 Å². The van der Waals surface area contributed by atoms with Crippen LogP contribution in [0.15, 0.2) is 29.3 Å². The number of nitrogens with two attached hydrogens (primary N) is 1. The molecule has 1 aromatic carbocycles. The number of nitrogens with zero attached hydrogens (tertiary/aromatic N) is 3. The van der Waals surface area contributed by atoms with Gasteiger partial charge in [-0.2, -0.15) is 0 Å². The van der Waals surface area contributed by atoms with Gasteiger partial charge in [-0.25, -0.2) is 4.99 Å². The van der Waals surface area contributed by atoms with Crippen molar-refractivity contribution in [3.63, 3.8) is 0 Å². The first-order chi connectivity index (χ1) is 15.0. The van der Waals surface area contributed by atoms with Gasteiger partial charge in [-0.15, -0.1) is 24.0 Å². The molecule has 4 N–H and O–H groups in total. The van der Waals surface area contributed by atoms with Crippen molar-refractivity contribution < 1.29 is 9.59 Å². The van der Waals surface area contributed by atoms with Gasteiger partial charge in [-0.1, -0.05) is 24.3 Å². The standard InChI is InChI=1S/C23H36N6O2.HI/c1-2-25-23(27-15-21(30)29-11-3-4-12-29)26-14-18-7-5-8-19(13-18)16-28-10-6-9-20(17-28)22(24)31;/h5,7-8,13,20H,2-4,6,9-12,14-17H2,1H3,(H2,24,31)(H2,25,26,27);1H. The lowest BCUT2D eigenvalue weighted by Crippen LogP contribution is -2.44. The number of aliphatic imine (C=N–C) groups is 1. The molecule has 0 aliphatic carbocycles. The van der Waals surface area contributed by atoms with Crippen LogP contribution >= 0.6 is 24.0 Å². The van der Waals surface area contributed by atoms with Crippen molar-refractivity contribution in [3.8, 4) is 0 Å². The van der Waals surface area contributed by atoms with Crippen LogP contribution in [0.4, 0.5) is 0 Å². The summed E-state index contributed by atoms with van der Waals surface area (Å²) in [6.45, 7) is 7.80. The van der Waals surface area contributed by atoms with E-state index in [0.29, 0.717) is 12.5 Å². The van der Waals surface area contributed by atoms with Crippen LogP contribution in [-0.2, 0) is 22.7 Å². The summed E-state index contributed by atoms with van der Waals surface area (Å²) < 4.78 is 0. The van der Waals surface area contributed by atoms with Crippen molar-refractivity contribution in [1.82, 2.24) is 20.4 Å². The Balaban J connectivity index is 0.00000363. The van der Waals surface area contributed by atoms with E-state index in [9.17, 15) is 9.59 Å². The third-order valence-corrected chi connectivity index (χ3v) is 5.94. The molecule has 8 nitrogen and oxygen atoms in total.